The molecule has 0 aromatic heterocycles. The van der Waals surface area contributed by atoms with Crippen LogP contribution in [0.3, 0.4) is 0 Å². The standard InChI is InChI=1S/C20H30N2O3S/c1-26-19-4-2-15(3-5-19)10-20(25)22-12-16(17(13-22)14-23)11-21-8-6-18(24)7-9-21/h2-5,16-18,23-24H,6-14H2,1H3. The second-order valence-electron chi connectivity index (χ2n) is 7.56. The molecule has 0 radical (unpaired) electrons. The van der Waals surface area contributed by atoms with Crippen molar-refractivity contribution in [2.75, 3.05) is 45.6 Å². The summed E-state index contributed by atoms with van der Waals surface area (Å²) in [5, 5.41) is 19.4. The maximum absolute atomic E-state index is 12.7. The lowest BCUT2D eigenvalue weighted by Gasteiger charge is -2.32. The number of piperidine rings is 1. The monoisotopic (exact) mass is 378 g/mol. The van der Waals surface area contributed by atoms with Gasteiger partial charge in [-0.2, -0.15) is 0 Å². The van der Waals surface area contributed by atoms with Crippen molar-refractivity contribution in [3.05, 3.63) is 29.8 Å². The first kappa shape index (κ1) is 19.7. The Morgan fingerprint density at radius 2 is 1.81 bits per heavy atom. The number of benzene rings is 1. The lowest BCUT2D eigenvalue weighted by atomic mass is 9.95. The molecule has 2 atom stereocenters. The molecule has 1 aromatic rings. The highest BCUT2D eigenvalue weighted by Gasteiger charge is 2.36. The molecule has 0 spiro atoms. The Morgan fingerprint density at radius 1 is 1.15 bits per heavy atom. The quantitative estimate of drug-likeness (QED) is 0.734. The molecule has 5 nitrogen and oxygen atoms in total. The number of nitrogens with zero attached hydrogens (tertiary/aromatic N) is 2. The predicted octanol–water partition coefficient (Wildman–Crippen LogP) is 1.47. The number of carbonyl (C=O) groups excluding carboxylic acids is 1. The fraction of sp³-hybridized carbons (Fsp3) is 0.650. The van der Waals surface area contributed by atoms with Gasteiger partial charge in [-0.3, -0.25) is 4.79 Å². The number of carbonyl (C=O) groups is 1. The van der Waals surface area contributed by atoms with Gasteiger partial charge >= 0.3 is 0 Å². The normalized spacial score (nSPS) is 25.0. The Labute approximate surface area is 160 Å². The molecule has 2 N–H and O–H groups in total. The minimum Gasteiger partial charge on any atom is -0.396 e. The minimum atomic E-state index is -0.168. The van der Waals surface area contributed by atoms with Gasteiger partial charge in [-0.15, -0.1) is 11.8 Å². The van der Waals surface area contributed by atoms with Crippen LogP contribution in [0, 0.1) is 11.8 Å². The third-order valence-electron chi connectivity index (χ3n) is 5.73. The summed E-state index contributed by atoms with van der Waals surface area (Å²) < 4.78 is 0. The molecule has 1 aromatic carbocycles. The van der Waals surface area contributed by atoms with Crippen molar-refractivity contribution in [1.82, 2.24) is 9.80 Å². The second kappa shape index (κ2) is 9.22. The van der Waals surface area contributed by atoms with Crippen LogP contribution in [0.1, 0.15) is 18.4 Å². The highest BCUT2D eigenvalue weighted by Crippen LogP contribution is 2.26. The molecular weight excluding hydrogens is 348 g/mol. The summed E-state index contributed by atoms with van der Waals surface area (Å²) in [5.41, 5.74) is 1.04. The Kier molecular flexibility index (Phi) is 6.98. The number of hydrogen-bond acceptors (Lipinski definition) is 5. The van der Waals surface area contributed by atoms with Gasteiger partial charge in [0.1, 0.15) is 0 Å². The number of rotatable bonds is 6. The molecule has 2 aliphatic heterocycles. The van der Waals surface area contributed by atoms with Crippen molar-refractivity contribution in [3.63, 3.8) is 0 Å². The number of aliphatic hydroxyl groups excluding tert-OH is 2. The topological polar surface area (TPSA) is 64.0 Å². The molecule has 3 rings (SSSR count). The summed E-state index contributed by atoms with van der Waals surface area (Å²) in [5.74, 6) is 0.625. The van der Waals surface area contributed by atoms with E-state index in [9.17, 15) is 15.0 Å². The van der Waals surface area contributed by atoms with Gasteiger partial charge in [-0.25, -0.2) is 0 Å². The average Bonchev–Trinajstić information content (AvgIpc) is 3.07. The molecule has 2 saturated heterocycles. The largest absolute Gasteiger partial charge is 0.396 e. The summed E-state index contributed by atoms with van der Waals surface area (Å²) in [6.45, 7) is 4.24. The van der Waals surface area contributed by atoms with Gasteiger partial charge in [0.15, 0.2) is 0 Å². The van der Waals surface area contributed by atoms with Crippen LogP contribution in [0.25, 0.3) is 0 Å². The van der Waals surface area contributed by atoms with Gasteiger partial charge in [0.25, 0.3) is 0 Å². The lowest BCUT2D eigenvalue weighted by molar-refractivity contribution is -0.129. The summed E-state index contributed by atoms with van der Waals surface area (Å²) in [6.07, 6.45) is 3.95. The zero-order valence-corrected chi connectivity index (χ0v) is 16.3. The molecule has 1 amide bonds. The molecule has 2 fully saturated rings. The van der Waals surface area contributed by atoms with Gasteiger partial charge in [0.2, 0.25) is 5.91 Å². The summed E-state index contributed by atoms with van der Waals surface area (Å²) in [7, 11) is 0. The summed E-state index contributed by atoms with van der Waals surface area (Å²) in [4.78, 5) is 18.2. The van der Waals surface area contributed by atoms with Gasteiger partial charge in [-0.05, 0) is 42.7 Å². The van der Waals surface area contributed by atoms with E-state index in [4.69, 9.17) is 0 Å². The van der Waals surface area contributed by atoms with Crippen LogP contribution < -0.4 is 0 Å². The van der Waals surface area contributed by atoms with Crippen LogP contribution in [-0.2, 0) is 11.2 Å². The first-order valence-corrected chi connectivity index (χ1v) is 10.7. The molecule has 0 bridgehead atoms. The van der Waals surface area contributed by atoms with Crippen molar-refractivity contribution < 1.29 is 15.0 Å². The fourth-order valence-electron chi connectivity index (χ4n) is 4.02. The van der Waals surface area contributed by atoms with E-state index in [1.807, 2.05) is 23.3 Å². The molecule has 2 heterocycles. The van der Waals surface area contributed by atoms with E-state index in [0.717, 1.165) is 44.6 Å². The van der Waals surface area contributed by atoms with Crippen LogP contribution in [0.5, 0.6) is 0 Å². The van der Waals surface area contributed by atoms with Crippen LogP contribution in [0.15, 0.2) is 29.2 Å². The van der Waals surface area contributed by atoms with Crippen molar-refractivity contribution in [2.45, 2.75) is 30.3 Å². The molecular formula is C20H30N2O3S. The van der Waals surface area contributed by atoms with Gasteiger partial charge in [0.05, 0.1) is 12.5 Å². The molecule has 0 saturated carbocycles. The van der Waals surface area contributed by atoms with Crippen molar-refractivity contribution in [1.29, 1.82) is 0 Å². The average molecular weight is 379 g/mol. The van der Waals surface area contributed by atoms with Crippen molar-refractivity contribution in [3.8, 4) is 0 Å². The molecule has 26 heavy (non-hydrogen) atoms. The third kappa shape index (κ3) is 5.00. The van der Waals surface area contributed by atoms with E-state index in [1.165, 1.54) is 4.90 Å². The van der Waals surface area contributed by atoms with Crippen molar-refractivity contribution >= 4 is 17.7 Å². The molecule has 0 aliphatic carbocycles. The third-order valence-corrected chi connectivity index (χ3v) is 6.47. The van der Waals surface area contributed by atoms with E-state index < -0.39 is 0 Å². The van der Waals surface area contributed by atoms with Crippen LogP contribution >= 0.6 is 11.8 Å². The van der Waals surface area contributed by atoms with Gasteiger partial charge in [-0.1, -0.05) is 12.1 Å². The van der Waals surface area contributed by atoms with Crippen LogP contribution in [0.2, 0.25) is 0 Å². The van der Waals surface area contributed by atoms with Crippen LogP contribution in [-0.4, -0.2) is 77.6 Å². The Balaban J connectivity index is 1.54. The van der Waals surface area contributed by atoms with E-state index in [2.05, 4.69) is 17.0 Å². The zero-order valence-electron chi connectivity index (χ0n) is 15.5. The molecule has 144 valence electrons. The highest BCUT2D eigenvalue weighted by atomic mass is 32.2. The highest BCUT2D eigenvalue weighted by molar-refractivity contribution is 7.98. The van der Waals surface area contributed by atoms with E-state index >= 15 is 0 Å². The van der Waals surface area contributed by atoms with E-state index in [-0.39, 0.29) is 24.5 Å². The second-order valence-corrected chi connectivity index (χ2v) is 8.44. The van der Waals surface area contributed by atoms with Crippen molar-refractivity contribution in [2.24, 2.45) is 11.8 Å². The maximum atomic E-state index is 12.7. The first-order valence-electron chi connectivity index (χ1n) is 9.51. The first-order chi connectivity index (χ1) is 12.6. The SMILES string of the molecule is CSc1ccc(CC(=O)N2CC(CO)C(CN3CCC(O)CC3)C2)cc1. The molecule has 2 aliphatic rings. The minimum absolute atomic E-state index is 0.132. The number of aliphatic hydroxyl groups is 2. The Bertz CT molecular complexity index is 587. The number of amides is 1. The lowest BCUT2D eigenvalue weighted by Crippen LogP contribution is -2.40. The number of likely N-dealkylation sites (tertiary alicyclic amines) is 2. The number of thioether (sulfide) groups is 1. The van der Waals surface area contributed by atoms with E-state index in [1.54, 1.807) is 11.8 Å². The Morgan fingerprint density at radius 3 is 2.42 bits per heavy atom. The fourth-order valence-corrected chi connectivity index (χ4v) is 4.43. The summed E-state index contributed by atoms with van der Waals surface area (Å²) in [6, 6.07) is 8.17. The van der Waals surface area contributed by atoms with E-state index in [0.29, 0.717) is 18.9 Å². The molecule has 6 heteroatoms. The number of hydrogen-bond donors (Lipinski definition) is 2. The molecule has 2 unspecified atom stereocenters. The Hall–Kier alpha value is -1.08. The summed E-state index contributed by atoms with van der Waals surface area (Å²) >= 11 is 1.70. The van der Waals surface area contributed by atoms with Gasteiger partial charge < -0.3 is 20.0 Å². The van der Waals surface area contributed by atoms with Crippen LogP contribution in [0.4, 0.5) is 0 Å². The predicted molar refractivity (Wildman–Crippen MR) is 104 cm³/mol. The van der Waals surface area contributed by atoms with Gasteiger partial charge in [0, 0.05) is 50.1 Å². The maximum Gasteiger partial charge on any atom is 0.227 e. The zero-order chi connectivity index (χ0) is 18.5. The smallest absolute Gasteiger partial charge is 0.227 e.